The maximum Gasteiger partial charge on any atom is 0.342 e. The number of nitrogens with one attached hydrogen (secondary N) is 1. The van der Waals surface area contributed by atoms with Gasteiger partial charge in [0, 0.05) is 5.69 Å². The Morgan fingerprint density at radius 2 is 1.79 bits per heavy atom. The molecule has 1 heterocycles. The summed E-state index contributed by atoms with van der Waals surface area (Å²) in [6.45, 7) is 4.01. The first kappa shape index (κ1) is 22.6. The summed E-state index contributed by atoms with van der Waals surface area (Å²) in [7, 11) is 0. The van der Waals surface area contributed by atoms with Gasteiger partial charge in [-0.05, 0) is 50.1 Å². The molecular formula is C20H25NO8. The Balaban J connectivity index is 1.97. The number of hydrogen-bond donors (Lipinski definition) is 5. The minimum Gasteiger partial charge on any atom is -0.463 e. The smallest absolute Gasteiger partial charge is 0.342 e. The second kappa shape index (κ2) is 9.66. The van der Waals surface area contributed by atoms with Crippen LogP contribution in [0.3, 0.4) is 0 Å². The molecule has 1 aromatic carbocycles. The zero-order valence-corrected chi connectivity index (χ0v) is 16.4. The summed E-state index contributed by atoms with van der Waals surface area (Å²) < 4.78 is 10.2. The average molecular weight is 407 g/mol. The lowest BCUT2D eigenvalue weighted by atomic mass is 10.1. The van der Waals surface area contributed by atoms with Gasteiger partial charge < -0.3 is 34.9 Å². The number of amides is 1. The summed E-state index contributed by atoms with van der Waals surface area (Å²) in [5.41, 5.74) is 2.63. The van der Waals surface area contributed by atoms with Crippen LogP contribution in [0.5, 0.6) is 0 Å². The molecule has 0 saturated heterocycles. The molecule has 2 aromatic rings. The normalized spacial score (nSPS) is 14.2. The zero-order valence-electron chi connectivity index (χ0n) is 16.4. The van der Waals surface area contributed by atoms with E-state index in [9.17, 15) is 24.9 Å². The number of furan rings is 1. The Bertz CT molecular complexity index is 875. The molecule has 0 spiro atoms. The fourth-order valence-corrected chi connectivity index (χ4v) is 2.57. The predicted octanol–water partition coefficient (Wildman–Crippen LogP) is 0.748. The van der Waals surface area contributed by atoms with E-state index in [1.165, 1.54) is 6.92 Å². The Morgan fingerprint density at radius 3 is 2.41 bits per heavy atom. The summed E-state index contributed by atoms with van der Waals surface area (Å²) >= 11 is 0. The Labute approximate surface area is 167 Å². The highest BCUT2D eigenvalue weighted by atomic mass is 16.5. The third-order valence-corrected chi connectivity index (χ3v) is 4.48. The molecule has 1 amide bonds. The Kier molecular flexibility index (Phi) is 7.52. The number of aryl methyl sites for hydroxylation is 3. The van der Waals surface area contributed by atoms with E-state index >= 15 is 0 Å². The predicted molar refractivity (Wildman–Crippen MR) is 102 cm³/mol. The van der Waals surface area contributed by atoms with Crippen LogP contribution < -0.4 is 5.32 Å². The van der Waals surface area contributed by atoms with Gasteiger partial charge in [-0.1, -0.05) is 6.07 Å². The van der Waals surface area contributed by atoms with Crippen LogP contribution in [0.15, 0.2) is 28.7 Å². The number of ether oxygens (including phenoxy) is 1. The van der Waals surface area contributed by atoms with Gasteiger partial charge in [0.15, 0.2) is 6.61 Å². The van der Waals surface area contributed by atoms with Gasteiger partial charge in [-0.15, -0.1) is 0 Å². The van der Waals surface area contributed by atoms with E-state index in [4.69, 9.17) is 14.3 Å². The van der Waals surface area contributed by atoms with Crippen molar-refractivity contribution in [3.8, 4) is 0 Å². The summed E-state index contributed by atoms with van der Waals surface area (Å²) in [5.74, 6) is -1.46. The highest BCUT2D eigenvalue weighted by Crippen LogP contribution is 2.25. The number of carbonyl (C=O) groups is 2. The molecule has 0 radical (unpaired) electrons. The van der Waals surface area contributed by atoms with E-state index in [0.717, 1.165) is 17.2 Å². The molecular weight excluding hydrogens is 382 g/mol. The minimum atomic E-state index is -1.71. The van der Waals surface area contributed by atoms with Crippen LogP contribution in [0.4, 0.5) is 5.69 Å². The minimum absolute atomic E-state index is 0.0382. The van der Waals surface area contributed by atoms with Crippen LogP contribution >= 0.6 is 0 Å². The van der Waals surface area contributed by atoms with Crippen molar-refractivity contribution in [2.24, 2.45) is 0 Å². The molecule has 0 aliphatic carbocycles. The van der Waals surface area contributed by atoms with Crippen LogP contribution in [0.2, 0.25) is 0 Å². The van der Waals surface area contributed by atoms with Crippen LogP contribution in [0.25, 0.3) is 0 Å². The molecule has 0 aliphatic rings. The van der Waals surface area contributed by atoms with Gasteiger partial charge in [-0.2, -0.15) is 0 Å². The van der Waals surface area contributed by atoms with Crippen LogP contribution in [-0.2, 0) is 9.53 Å². The number of esters is 1. The molecule has 0 bridgehead atoms. The van der Waals surface area contributed by atoms with Crippen molar-refractivity contribution in [1.29, 1.82) is 0 Å². The second-order valence-electron chi connectivity index (χ2n) is 6.73. The van der Waals surface area contributed by atoms with Crippen molar-refractivity contribution in [3.63, 3.8) is 0 Å². The highest BCUT2D eigenvalue weighted by Gasteiger charge is 2.30. The third kappa shape index (κ3) is 5.64. The quantitative estimate of drug-likeness (QED) is 0.402. The first-order chi connectivity index (χ1) is 13.6. The third-order valence-electron chi connectivity index (χ3n) is 4.48. The van der Waals surface area contributed by atoms with Crippen LogP contribution in [0, 0.1) is 20.8 Å². The zero-order chi connectivity index (χ0) is 21.7. The van der Waals surface area contributed by atoms with Crippen molar-refractivity contribution in [3.05, 3.63) is 52.5 Å². The maximum absolute atomic E-state index is 12.2. The summed E-state index contributed by atoms with van der Waals surface area (Å²) in [6.07, 6.45) is -4.96. The SMILES string of the molecule is Cc1ccc(NC(=O)COC(=O)c2cc([C@@H](O)[C@H](O)[C@H](O)CO)oc2C)cc1C. The number of aliphatic hydroxyl groups excluding tert-OH is 4. The molecule has 158 valence electrons. The fourth-order valence-electron chi connectivity index (χ4n) is 2.57. The van der Waals surface area contributed by atoms with E-state index in [1.54, 1.807) is 12.1 Å². The number of anilines is 1. The molecule has 9 nitrogen and oxygen atoms in total. The lowest BCUT2D eigenvalue weighted by Crippen LogP contribution is -2.34. The van der Waals surface area contributed by atoms with E-state index in [-0.39, 0.29) is 17.1 Å². The van der Waals surface area contributed by atoms with Crippen molar-refractivity contribution in [2.75, 3.05) is 18.5 Å². The van der Waals surface area contributed by atoms with Crippen molar-refractivity contribution < 1.29 is 39.2 Å². The molecule has 0 aliphatic heterocycles. The van der Waals surface area contributed by atoms with Gasteiger partial charge in [0.05, 0.1) is 6.61 Å². The molecule has 1 aromatic heterocycles. The number of rotatable bonds is 8. The second-order valence-corrected chi connectivity index (χ2v) is 6.73. The van der Waals surface area contributed by atoms with E-state index < -0.39 is 43.4 Å². The summed E-state index contributed by atoms with van der Waals surface area (Å²) in [4.78, 5) is 24.2. The topological polar surface area (TPSA) is 149 Å². The van der Waals surface area contributed by atoms with Gasteiger partial charge in [0.25, 0.3) is 5.91 Å². The summed E-state index contributed by atoms with van der Waals surface area (Å²) in [6, 6.07) is 6.55. The average Bonchev–Trinajstić information content (AvgIpc) is 3.08. The Morgan fingerprint density at radius 1 is 1.10 bits per heavy atom. The van der Waals surface area contributed by atoms with Gasteiger partial charge in [0.2, 0.25) is 0 Å². The molecule has 29 heavy (non-hydrogen) atoms. The number of hydrogen-bond acceptors (Lipinski definition) is 8. The van der Waals surface area contributed by atoms with Gasteiger partial charge in [0.1, 0.15) is 35.4 Å². The fraction of sp³-hybridized carbons (Fsp3) is 0.400. The van der Waals surface area contributed by atoms with Gasteiger partial charge in [-0.25, -0.2) is 4.79 Å². The molecule has 9 heteroatoms. The summed E-state index contributed by atoms with van der Waals surface area (Å²) in [5, 5.41) is 40.6. The Hall–Kier alpha value is -2.72. The van der Waals surface area contributed by atoms with Gasteiger partial charge >= 0.3 is 5.97 Å². The van der Waals surface area contributed by atoms with E-state index in [2.05, 4.69) is 5.32 Å². The van der Waals surface area contributed by atoms with Crippen molar-refractivity contribution in [2.45, 2.75) is 39.1 Å². The number of aliphatic hydroxyl groups is 4. The molecule has 0 saturated carbocycles. The van der Waals surface area contributed by atoms with E-state index in [0.29, 0.717) is 5.69 Å². The standard InChI is InChI=1S/C20H25NO8/c1-10-4-5-13(6-11(10)2)21-17(24)9-28-20(27)14-7-16(29-12(14)3)19(26)18(25)15(23)8-22/h4-7,15,18-19,22-23,25-26H,8-9H2,1-3H3,(H,21,24)/t15-,18-,19-/m1/s1. The molecule has 3 atom stereocenters. The van der Waals surface area contributed by atoms with Crippen LogP contribution in [-0.4, -0.2) is 57.7 Å². The molecule has 5 N–H and O–H groups in total. The lowest BCUT2D eigenvalue weighted by Gasteiger charge is -2.19. The maximum atomic E-state index is 12.2. The first-order valence-electron chi connectivity index (χ1n) is 8.93. The van der Waals surface area contributed by atoms with Crippen molar-refractivity contribution in [1.82, 2.24) is 0 Å². The van der Waals surface area contributed by atoms with Crippen LogP contribution in [0.1, 0.15) is 39.1 Å². The highest BCUT2D eigenvalue weighted by molar-refractivity contribution is 5.96. The van der Waals surface area contributed by atoms with Crippen molar-refractivity contribution >= 4 is 17.6 Å². The largest absolute Gasteiger partial charge is 0.463 e. The van der Waals surface area contributed by atoms with E-state index in [1.807, 2.05) is 19.9 Å². The molecule has 0 fully saturated rings. The molecule has 0 unspecified atom stereocenters. The number of carbonyl (C=O) groups excluding carboxylic acids is 2. The monoisotopic (exact) mass is 407 g/mol. The lowest BCUT2D eigenvalue weighted by molar-refractivity contribution is -0.119. The first-order valence-corrected chi connectivity index (χ1v) is 8.93. The molecule has 2 rings (SSSR count). The number of benzene rings is 1. The van der Waals surface area contributed by atoms with Gasteiger partial charge in [-0.3, -0.25) is 4.79 Å².